The Kier molecular flexibility index (Phi) is 1.78. The van der Waals surface area contributed by atoms with E-state index in [0.29, 0.717) is 5.89 Å². The molecule has 2 heteroatoms. The molecular weight excluding hydrogens is 186 g/mol. The molecule has 1 radical (unpaired) electrons. The fraction of sp³-hybridized carbons (Fsp3) is 0. The first-order valence-electron chi connectivity index (χ1n) is 4.75. The highest BCUT2D eigenvalue weighted by atomic mass is 16.3. The Morgan fingerprint density at radius 2 is 2.00 bits per heavy atom. The number of oxazole rings is 1. The smallest absolute Gasteiger partial charge is 0.227 e. The minimum atomic E-state index is 0.646. The first-order chi connectivity index (χ1) is 7.43. The summed E-state index contributed by atoms with van der Waals surface area (Å²) in [5, 5.41) is 0. The molecule has 0 saturated carbocycles. The molecule has 15 heavy (non-hydrogen) atoms. The van der Waals surface area contributed by atoms with Crippen molar-refractivity contribution >= 4 is 11.1 Å². The lowest BCUT2D eigenvalue weighted by atomic mass is 10.2. The molecule has 3 rings (SSSR count). The molecule has 0 atom stereocenters. The Bertz CT molecular complexity index is 551. The molecule has 3 aromatic rings. The van der Waals surface area contributed by atoms with Crippen LogP contribution in [0.15, 0.2) is 52.9 Å². The summed E-state index contributed by atoms with van der Waals surface area (Å²) in [5.41, 5.74) is 2.65. The highest BCUT2D eigenvalue weighted by Gasteiger charge is 2.05. The van der Waals surface area contributed by atoms with Crippen LogP contribution in [0.5, 0.6) is 0 Å². The van der Waals surface area contributed by atoms with Crippen molar-refractivity contribution in [3.63, 3.8) is 0 Å². The molecule has 71 valence electrons. The minimum Gasteiger partial charge on any atom is -0.436 e. The normalized spacial score (nSPS) is 10.7. The van der Waals surface area contributed by atoms with Crippen molar-refractivity contribution in [2.75, 3.05) is 0 Å². The molecule has 1 aromatic heterocycles. The van der Waals surface area contributed by atoms with Crippen LogP contribution in [0.25, 0.3) is 22.6 Å². The molecule has 1 heterocycles. The van der Waals surface area contributed by atoms with Gasteiger partial charge in [0.15, 0.2) is 5.58 Å². The maximum absolute atomic E-state index is 5.62. The van der Waals surface area contributed by atoms with Gasteiger partial charge >= 0.3 is 0 Å². The van der Waals surface area contributed by atoms with Crippen molar-refractivity contribution in [1.29, 1.82) is 0 Å². The summed E-state index contributed by atoms with van der Waals surface area (Å²) in [6, 6.07) is 18.3. The molecule has 0 bridgehead atoms. The van der Waals surface area contributed by atoms with E-state index >= 15 is 0 Å². The van der Waals surface area contributed by atoms with Gasteiger partial charge in [-0.05, 0) is 30.3 Å². The number of aromatic nitrogens is 1. The Balaban J connectivity index is 2.21. The Labute approximate surface area is 87.2 Å². The van der Waals surface area contributed by atoms with E-state index in [1.54, 1.807) is 0 Å². The lowest BCUT2D eigenvalue weighted by Crippen LogP contribution is -1.74. The molecule has 0 spiro atoms. The maximum Gasteiger partial charge on any atom is 0.227 e. The van der Waals surface area contributed by atoms with Crippen LogP contribution in [0.1, 0.15) is 0 Å². The van der Waals surface area contributed by atoms with Crippen molar-refractivity contribution in [3.05, 3.63) is 54.6 Å². The van der Waals surface area contributed by atoms with Crippen LogP contribution in [0.3, 0.4) is 0 Å². The summed E-state index contributed by atoms with van der Waals surface area (Å²) in [7, 11) is 0. The van der Waals surface area contributed by atoms with Gasteiger partial charge in [-0.15, -0.1) is 0 Å². The summed E-state index contributed by atoms with van der Waals surface area (Å²) >= 11 is 0. The van der Waals surface area contributed by atoms with Gasteiger partial charge in [-0.1, -0.05) is 24.3 Å². The third kappa shape index (κ3) is 1.40. The quantitative estimate of drug-likeness (QED) is 0.594. The molecule has 0 unspecified atom stereocenters. The van der Waals surface area contributed by atoms with E-state index in [0.717, 1.165) is 16.7 Å². The lowest BCUT2D eigenvalue weighted by molar-refractivity contribution is 0.620. The van der Waals surface area contributed by atoms with Crippen LogP contribution in [-0.4, -0.2) is 4.98 Å². The molecule has 0 amide bonds. The number of nitrogens with zero attached hydrogens (tertiary/aromatic N) is 1. The zero-order valence-corrected chi connectivity index (χ0v) is 7.97. The molecule has 0 aliphatic heterocycles. The molecule has 2 aromatic carbocycles. The Morgan fingerprint density at radius 1 is 1.07 bits per heavy atom. The van der Waals surface area contributed by atoms with Crippen LogP contribution in [-0.2, 0) is 0 Å². The summed E-state index contributed by atoms with van der Waals surface area (Å²) in [6.45, 7) is 0. The summed E-state index contributed by atoms with van der Waals surface area (Å²) < 4.78 is 5.62. The lowest BCUT2D eigenvalue weighted by Gasteiger charge is -1.91. The zero-order chi connectivity index (χ0) is 10.1. The van der Waals surface area contributed by atoms with Gasteiger partial charge in [0.25, 0.3) is 0 Å². The summed E-state index contributed by atoms with van der Waals surface area (Å²) in [6.07, 6.45) is 0. The van der Waals surface area contributed by atoms with E-state index in [2.05, 4.69) is 11.1 Å². The SMILES string of the molecule is [c]1cccc(-c2nc3ccccc3o2)c1. The monoisotopic (exact) mass is 194 g/mol. The van der Waals surface area contributed by atoms with Crippen molar-refractivity contribution in [3.8, 4) is 11.5 Å². The van der Waals surface area contributed by atoms with Crippen LogP contribution in [0.2, 0.25) is 0 Å². The van der Waals surface area contributed by atoms with Gasteiger partial charge in [-0.25, -0.2) is 4.98 Å². The third-order valence-corrected chi connectivity index (χ3v) is 2.25. The fourth-order valence-corrected chi connectivity index (χ4v) is 1.52. The largest absolute Gasteiger partial charge is 0.436 e. The molecular formula is C13H8NO. The van der Waals surface area contributed by atoms with Crippen molar-refractivity contribution in [1.82, 2.24) is 4.98 Å². The second-order valence-corrected chi connectivity index (χ2v) is 3.28. The molecule has 0 saturated heterocycles. The van der Waals surface area contributed by atoms with Gasteiger partial charge in [-0.3, -0.25) is 0 Å². The summed E-state index contributed by atoms with van der Waals surface area (Å²) in [4.78, 5) is 4.40. The van der Waals surface area contributed by atoms with E-state index in [1.165, 1.54) is 0 Å². The number of rotatable bonds is 1. The average molecular weight is 194 g/mol. The number of para-hydroxylation sites is 2. The van der Waals surface area contributed by atoms with Crippen molar-refractivity contribution < 1.29 is 4.42 Å². The molecule has 0 aliphatic rings. The van der Waals surface area contributed by atoms with Crippen molar-refractivity contribution in [2.45, 2.75) is 0 Å². The van der Waals surface area contributed by atoms with Gasteiger partial charge < -0.3 is 4.42 Å². The standard InChI is InChI=1S/C13H8NO/c1-2-6-10(7-3-1)13-14-11-8-4-5-9-12(11)15-13/h1-2,4-9H. The molecule has 2 nitrogen and oxygen atoms in total. The van der Waals surface area contributed by atoms with E-state index in [-0.39, 0.29) is 0 Å². The van der Waals surface area contributed by atoms with E-state index in [1.807, 2.05) is 48.5 Å². The first-order valence-corrected chi connectivity index (χ1v) is 4.75. The highest BCUT2D eigenvalue weighted by Crippen LogP contribution is 2.23. The topological polar surface area (TPSA) is 26.0 Å². The minimum absolute atomic E-state index is 0.646. The van der Waals surface area contributed by atoms with Crippen LogP contribution >= 0.6 is 0 Å². The fourth-order valence-electron chi connectivity index (χ4n) is 1.52. The summed E-state index contributed by atoms with van der Waals surface area (Å²) in [5.74, 6) is 0.646. The second-order valence-electron chi connectivity index (χ2n) is 3.28. The first kappa shape index (κ1) is 8.24. The van der Waals surface area contributed by atoms with Crippen LogP contribution in [0, 0.1) is 6.07 Å². The maximum atomic E-state index is 5.62. The van der Waals surface area contributed by atoms with Crippen molar-refractivity contribution in [2.24, 2.45) is 0 Å². The van der Waals surface area contributed by atoms with E-state index < -0.39 is 0 Å². The van der Waals surface area contributed by atoms with Crippen LogP contribution in [0.4, 0.5) is 0 Å². The average Bonchev–Trinajstić information content (AvgIpc) is 2.74. The third-order valence-electron chi connectivity index (χ3n) is 2.25. The number of fused-ring (bicyclic) bond motifs is 1. The molecule has 0 fully saturated rings. The van der Waals surface area contributed by atoms with E-state index in [4.69, 9.17) is 4.42 Å². The Morgan fingerprint density at radius 3 is 2.80 bits per heavy atom. The van der Waals surface area contributed by atoms with Gasteiger partial charge in [-0.2, -0.15) is 0 Å². The highest BCUT2D eigenvalue weighted by molar-refractivity contribution is 5.75. The predicted octanol–water partition coefficient (Wildman–Crippen LogP) is 3.29. The predicted molar refractivity (Wildman–Crippen MR) is 58.3 cm³/mol. The van der Waals surface area contributed by atoms with Gasteiger partial charge in [0.2, 0.25) is 5.89 Å². The second kappa shape index (κ2) is 3.24. The van der Waals surface area contributed by atoms with Gasteiger partial charge in [0, 0.05) is 5.56 Å². The number of hydrogen-bond donors (Lipinski definition) is 0. The van der Waals surface area contributed by atoms with Gasteiger partial charge in [0.05, 0.1) is 0 Å². The number of benzene rings is 2. The molecule has 0 aliphatic carbocycles. The molecule has 0 N–H and O–H groups in total. The zero-order valence-electron chi connectivity index (χ0n) is 7.97. The van der Waals surface area contributed by atoms with Gasteiger partial charge in [0.1, 0.15) is 5.52 Å². The Hall–Kier alpha value is -2.09. The van der Waals surface area contributed by atoms with E-state index in [9.17, 15) is 0 Å². The number of hydrogen-bond acceptors (Lipinski definition) is 2. The van der Waals surface area contributed by atoms with Crippen LogP contribution < -0.4 is 0 Å².